The molecular weight excluding hydrogens is 553 g/mol. The molecule has 0 spiro atoms. The molecule has 3 rings (SSSR count). The van der Waals surface area contributed by atoms with Gasteiger partial charge in [0.15, 0.2) is 11.5 Å². The largest absolute Gasteiger partial charge is 0.454 e. The molecule has 1 aliphatic rings. The number of rotatable bonds is 12. The molecule has 1 N–H and O–H groups in total. The maximum Gasteiger partial charge on any atom is 0.242 e. The van der Waals surface area contributed by atoms with Crippen LogP contribution >= 0.6 is 23.2 Å². The Kier molecular flexibility index (Phi) is 10.1. The molecule has 2 aromatic carbocycles. The molecule has 1 aliphatic heterocycles. The fraction of sp³-hybridized carbons (Fsp3) is 0.462. The fourth-order valence-electron chi connectivity index (χ4n) is 3.93. The summed E-state index contributed by atoms with van der Waals surface area (Å²) in [5.41, 5.74) is 1.06. The van der Waals surface area contributed by atoms with Crippen molar-refractivity contribution < 1.29 is 27.5 Å². The highest BCUT2D eigenvalue weighted by molar-refractivity contribution is 7.92. The molecule has 2 aromatic rings. The van der Waals surface area contributed by atoms with Crippen LogP contribution in [0.2, 0.25) is 10.0 Å². The van der Waals surface area contributed by atoms with Gasteiger partial charge < -0.3 is 19.7 Å². The van der Waals surface area contributed by atoms with Crippen molar-refractivity contribution in [3.8, 4) is 11.5 Å². The maximum absolute atomic E-state index is 13.4. The van der Waals surface area contributed by atoms with Gasteiger partial charge in [0, 0.05) is 41.7 Å². The molecule has 9 nitrogen and oxygen atoms in total. The van der Waals surface area contributed by atoms with Gasteiger partial charge in [-0.25, -0.2) is 8.42 Å². The smallest absolute Gasteiger partial charge is 0.242 e. The van der Waals surface area contributed by atoms with Gasteiger partial charge in [-0.3, -0.25) is 13.9 Å². The molecule has 0 bridgehead atoms. The van der Waals surface area contributed by atoms with Crippen LogP contribution in [0.1, 0.15) is 45.6 Å². The van der Waals surface area contributed by atoms with Crippen molar-refractivity contribution in [3.05, 3.63) is 52.0 Å². The molecule has 38 heavy (non-hydrogen) atoms. The summed E-state index contributed by atoms with van der Waals surface area (Å²) in [6, 6.07) is 9.03. The first kappa shape index (κ1) is 29.9. The Hall–Kier alpha value is -2.69. The highest BCUT2D eigenvalue weighted by Gasteiger charge is 2.28. The van der Waals surface area contributed by atoms with Crippen LogP contribution in [-0.4, -0.2) is 56.8 Å². The van der Waals surface area contributed by atoms with Crippen LogP contribution in [-0.2, 0) is 26.2 Å². The molecule has 1 heterocycles. The van der Waals surface area contributed by atoms with Gasteiger partial charge in [0.1, 0.15) is 6.04 Å². The number of fused-ring (bicyclic) bond motifs is 1. The monoisotopic (exact) mass is 585 g/mol. The first-order chi connectivity index (χ1) is 17.9. The standard InChI is InChI=1S/C26H33Cl2N3O6S/c1-5-17(2)29-26(33)18(3)30(15-19-8-9-20(27)13-22(19)28)25(32)7-6-12-31(38(4,34)35)21-10-11-23-24(14-21)37-16-36-23/h8-11,13-14,17-18H,5-7,12,15-16H2,1-4H3,(H,29,33). The van der Waals surface area contributed by atoms with E-state index in [2.05, 4.69) is 5.32 Å². The number of benzene rings is 2. The zero-order valence-electron chi connectivity index (χ0n) is 21.9. The number of anilines is 1. The van der Waals surface area contributed by atoms with Gasteiger partial charge in [0.05, 0.1) is 11.9 Å². The SMILES string of the molecule is CCC(C)NC(=O)C(C)N(Cc1ccc(Cl)cc1Cl)C(=O)CCCN(c1ccc2c(c1)OCO2)S(C)(=O)=O. The Labute approximate surface area is 234 Å². The molecule has 2 amide bonds. The van der Waals surface area contributed by atoms with Crippen molar-refractivity contribution in [3.63, 3.8) is 0 Å². The van der Waals surface area contributed by atoms with E-state index in [1.54, 1.807) is 43.3 Å². The topological polar surface area (TPSA) is 105 Å². The van der Waals surface area contributed by atoms with Crippen LogP contribution in [0.25, 0.3) is 0 Å². The second-order valence-electron chi connectivity index (χ2n) is 9.23. The molecule has 2 atom stereocenters. The normalized spacial score (nSPS) is 14.1. The lowest BCUT2D eigenvalue weighted by atomic mass is 10.1. The van der Waals surface area contributed by atoms with Crippen LogP contribution in [0.3, 0.4) is 0 Å². The summed E-state index contributed by atoms with van der Waals surface area (Å²) in [5.74, 6) is 0.413. The van der Waals surface area contributed by atoms with E-state index in [-0.39, 0.29) is 50.6 Å². The average Bonchev–Trinajstić information content (AvgIpc) is 3.32. The van der Waals surface area contributed by atoms with Crippen molar-refractivity contribution in [2.75, 3.05) is 23.9 Å². The summed E-state index contributed by atoms with van der Waals surface area (Å²) in [6.45, 7) is 5.74. The van der Waals surface area contributed by atoms with E-state index in [4.69, 9.17) is 32.7 Å². The van der Waals surface area contributed by atoms with Gasteiger partial charge in [-0.05, 0) is 56.5 Å². The van der Waals surface area contributed by atoms with Gasteiger partial charge in [-0.2, -0.15) is 0 Å². The van der Waals surface area contributed by atoms with Gasteiger partial charge in [0.25, 0.3) is 0 Å². The van der Waals surface area contributed by atoms with E-state index in [0.29, 0.717) is 32.8 Å². The van der Waals surface area contributed by atoms with Crippen molar-refractivity contribution in [1.29, 1.82) is 0 Å². The predicted molar refractivity (Wildman–Crippen MR) is 148 cm³/mol. The van der Waals surface area contributed by atoms with E-state index < -0.39 is 16.1 Å². The summed E-state index contributed by atoms with van der Waals surface area (Å²) < 4.78 is 37.0. The van der Waals surface area contributed by atoms with E-state index >= 15 is 0 Å². The fourth-order valence-corrected chi connectivity index (χ4v) is 5.35. The van der Waals surface area contributed by atoms with E-state index in [1.807, 2.05) is 13.8 Å². The molecule has 0 aromatic heterocycles. The second-order valence-corrected chi connectivity index (χ2v) is 12.0. The molecule has 0 saturated carbocycles. The predicted octanol–water partition coefficient (Wildman–Crippen LogP) is 4.60. The van der Waals surface area contributed by atoms with Crippen molar-refractivity contribution in [2.24, 2.45) is 0 Å². The molecule has 0 radical (unpaired) electrons. The summed E-state index contributed by atoms with van der Waals surface area (Å²) >= 11 is 12.4. The lowest BCUT2D eigenvalue weighted by Gasteiger charge is -2.30. The molecule has 208 valence electrons. The zero-order valence-corrected chi connectivity index (χ0v) is 24.2. The first-order valence-corrected chi connectivity index (χ1v) is 14.9. The number of halogens is 2. The molecule has 2 unspecified atom stereocenters. The van der Waals surface area contributed by atoms with Crippen LogP contribution in [0.15, 0.2) is 36.4 Å². The minimum Gasteiger partial charge on any atom is -0.454 e. The second kappa shape index (κ2) is 12.9. The number of hydrogen-bond donors (Lipinski definition) is 1. The zero-order chi connectivity index (χ0) is 28.0. The third-order valence-electron chi connectivity index (χ3n) is 6.32. The quantitative estimate of drug-likeness (QED) is 0.390. The van der Waals surface area contributed by atoms with E-state index in [1.165, 1.54) is 9.21 Å². The minimum atomic E-state index is -3.64. The Morgan fingerprint density at radius 1 is 1.08 bits per heavy atom. The summed E-state index contributed by atoms with van der Waals surface area (Å²) in [7, 11) is -3.64. The lowest BCUT2D eigenvalue weighted by Crippen LogP contribution is -2.49. The summed E-state index contributed by atoms with van der Waals surface area (Å²) in [4.78, 5) is 27.8. The number of ether oxygens (including phenoxy) is 2. The van der Waals surface area contributed by atoms with Crippen LogP contribution in [0.4, 0.5) is 5.69 Å². The van der Waals surface area contributed by atoms with Gasteiger partial charge in [-0.15, -0.1) is 0 Å². The number of hydrogen-bond acceptors (Lipinski definition) is 6. The molecule has 0 fully saturated rings. The Bertz CT molecular complexity index is 1270. The van der Waals surface area contributed by atoms with Gasteiger partial charge in [-0.1, -0.05) is 36.2 Å². The molecule has 0 saturated heterocycles. The van der Waals surface area contributed by atoms with Gasteiger partial charge >= 0.3 is 0 Å². The number of sulfonamides is 1. The average molecular weight is 587 g/mol. The number of carbonyl (C=O) groups is 2. The number of amides is 2. The third kappa shape index (κ3) is 7.68. The van der Waals surface area contributed by atoms with Crippen molar-refractivity contribution in [1.82, 2.24) is 10.2 Å². The highest BCUT2D eigenvalue weighted by Crippen LogP contribution is 2.36. The van der Waals surface area contributed by atoms with Crippen molar-refractivity contribution >= 4 is 50.7 Å². The summed E-state index contributed by atoms with van der Waals surface area (Å²) in [6.07, 6.45) is 2.10. The van der Waals surface area contributed by atoms with Crippen molar-refractivity contribution in [2.45, 2.75) is 58.7 Å². The first-order valence-electron chi connectivity index (χ1n) is 12.3. The number of nitrogens with one attached hydrogen (secondary N) is 1. The Balaban J connectivity index is 1.76. The van der Waals surface area contributed by atoms with E-state index in [0.717, 1.165) is 12.7 Å². The third-order valence-corrected chi connectivity index (χ3v) is 8.10. The number of nitrogens with zero attached hydrogens (tertiary/aromatic N) is 2. The number of carbonyl (C=O) groups excluding carboxylic acids is 2. The van der Waals surface area contributed by atoms with Crippen LogP contribution in [0, 0.1) is 0 Å². The molecular formula is C26H33Cl2N3O6S. The van der Waals surface area contributed by atoms with Crippen LogP contribution < -0.4 is 19.1 Å². The lowest BCUT2D eigenvalue weighted by molar-refractivity contribution is -0.140. The molecule has 0 aliphatic carbocycles. The van der Waals surface area contributed by atoms with E-state index in [9.17, 15) is 18.0 Å². The molecule has 12 heteroatoms. The highest BCUT2D eigenvalue weighted by atomic mass is 35.5. The minimum absolute atomic E-state index is 0.0166. The van der Waals surface area contributed by atoms with Crippen LogP contribution in [0.5, 0.6) is 11.5 Å². The Morgan fingerprint density at radius 3 is 2.45 bits per heavy atom. The Morgan fingerprint density at radius 2 is 1.79 bits per heavy atom. The van der Waals surface area contributed by atoms with Gasteiger partial charge in [0.2, 0.25) is 28.6 Å². The maximum atomic E-state index is 13.4. The summed E-state index contributed by atoms with van der Waals surface area (Å²) in [5, 5.41) is 3.76.